The molecule has 0 aromatic heterocycles. The Kier molecular flexibility index (Phi) is 5.64. The fourth-order valence-electron chi connectivity index (χ4n) is 1.57. The van der Waals surface area contributed by atoms with E-state index in [2.05, 4.69) is 31.4 Å². The number of carbonyl (C=O) groups excluding carboxylic acids is 1. The molecule has 0 saturated carbocycles. The predicted molar refractivity (Wildman–Crippen MR) is 87.9 cm³/mol. The molecule has 0 atom stereocenters. The first kappa shape index (κ1) is 17.3. The number of rotatable bonds is 5. The van der Waals surface area contributed by atoms with Crippen LogP contribution in [-0.2, 0) is 0 Å². The zero-order chi connectivity index (χ0) is 16.1. The fourth-order valence-corrected chi connectivity index (χ4v) is 1.57. The molecule has 118 valence electrons. The molecule has 0 radical (unpaired) electrons. The van der Waals surface area contributed by atoms with Gasteiger partial charge in [0.25, 0.3) is 0 Å². The minimum Gasteiger partial charge on any atom is -0.491 e. The van der Waals surface area contributed by atoms with Gasteiger partial charge in [0.15, 0.2) is 0 Å². The van der Waals surface area contributed by atoms with Crippen LogP contribution in [0.1, 0.15) is 48.0 Å². The van der Waals surface area contributed by atoms with Crippen molar-refractivity contribution < 1.29 is 9.53 Å². The molecule has 0 aliphatic carbocycles. The van der Waals surface area contributed by atoms with E-state index >= 15 is 0 Å². The highest BCUT2D eigenvalue weighted by Gasteiger charge is 2.18. The Bertz CT molecular complexity index is 476. The van der Waals surface area contributed by atoms with Crippen LogP contribution >= 0.6 is 0 Å². The van der Waals surface area contributed by atoms with Gasteiger partial charge in [-0.3, -0.25) is 0 Å². The Morgan fingerprint density at radius 1 is 1.14 bits per heavy atom. The lowest BCUT2D eigenvalue weighted by atomic mass is 9.92. The number of ether oxygens (including phenoxy) is 1. The lowest BCUT2D eigenvalue weighted by Gasteiger charge is -2.24. The number of amides is 2. The molecule has 1 aromatic rings. The summed E-state index contributed by atoms with van der Waals surface area (Å²) in [5.74, 6) is 0.697. The van der Waals surface area contributed by atoms with E-state index < -0.39 is 0 Å². The number of nitrogens with one attached hydrogen (secondary N) is 2. The zero-order valence-corrected chi connectivity index (χ0v) is 14.0. The molecule has 1 aromatic carbocycles. The van der Waals surface area contributed by atoms with Gasteiger partial charge in [-0.2, -0.15) is 0 Å². The van der Waals surface area contributed by atoms with E-state index in [1.54, 1.807) is 0 Å². The van der Waals surface area contributed by atoms with Gasteiger partial charge in [-0.05, 0) is 44.7 Å². The maximum Gasteiger partial charge on any atom is 0.319 e. The Morgan fingerprint density at radius 2 is 1.76 bits per heavy atom. The van der Waals surface area contributed by atoms with Crippen LogP contribution in [0.2, 0.25) is 0 Å². The van der Waals surface area contributed by atoms with Gasteiger partial charge >= 0.3 is 6.03 Å². The van der Waals surface area contributed by atoms with Crippen molar-refractivity contribution >= 4 is 11.7 Å². The van der Waals surface area contributed by atoms with Crippen molar-refractivity contribution in [2.24, 2.45) is 5.41 Å². The Morgan fingerprint density at radius 3 is 2.33 bits per heavy atom. The summed E-state index contributed by atoms with van der Waals surface area (Å²) in [7, 11) is 0. The molecule has 0 spiro atoms. The highest BCUT2D eigenvalue weighted by atomic mass is 16.5. The second-order valence-electron chi connectivity index (χ2n) is 7.13. The number of urea groups is 1. The fraction of sp³-hybridized carbons (Fsp3) is 0.588. The number of hydrogen-bond acceptors (Lipinski definition) is 2. The molecule has 4 heteroatoms. The predicted octanol–water partition coefficient (Wildman–Crippen LogP) is 4.42. The van der Waals surface area contributed by atoms with Crippen molar-refractivity contribution in [1.82, 2.24) is 5.32 Å². The third kappa shape index (κ3) is 6.52. The standard InChI is InChI=1S/C17H28N2O2/c1-7-17(5,6)12-21-14-11-9-8-10-13(14)18-15(20)19-16(2,3)4/h8-11H,7,12H2,1-6H3,(H2,18,19,20). The maximum atomic E-state index is 12.0. The van der Waals surface area contributed by atoms with Crippen LogP contribution in [0.25, 0.3) is 0 Å². The highest BCUT2D eigenvalue weighted by molar-refractivity contribution is 5.91. The van der Waals surface area contributed by atoms with Crippen LogP contribution < -0.4 is 15.4 Å². The second-order valence-corrected chi connectivity index (χ2v) is 7.13. The summed E-state index contributed by atoms with van der Waals surface area (Å²) >= 11 is 0. The van der Waals surface area contributed by atoms with Gasteiger partial charge in [0, 0.05) is 5.54 Å². The van der Waals surface area contributed by atoms with Crippen molar-refractivity contribution in [2.75, 3.05) is 11.9 Å². The first-order valence-electron chi connectivity index (χ1n) is 7.44. The smallest absolute Gasteiger partial charge is 0.319 e. The zero-order valence-electron chi connectivity index (χ0n) is 14.0. The molecule has 0 bridgehead atoms. The molecule has 4 nitrogen and oxygen atoms in total. The minimum atomic E-state index is -0.274. The number of benzene rings is 1. The summed E-state index contributed by atoms with van der Waals surface area (Å²) in [5, 5.41) is 5.72. The molecule has 21 heavy (non-hydrogen) atoms. The number of hydrogen-bond donors (Lipinski definition) is 2. The third-order valence-corrected chi connectivity index (χ3v) is 3.20. The molecular weight excluding hydrogens is 264 g/mol. The molecule has 2 amide bonds. The summed E-state index contributed by atoms with van der Waals surface area (Å²) in [5.41, 5.74) is 0.524. The Hall–Kier alpha value is -1.71. The largest absolute Gasteiger partial charge is 0.491 e. The lowest BCUT2D eigenvalue weighted by Crippen LogP contribution is -2.43. The summed E-state index contributed by atoms with van der Waals surface area (Å²) in [6.45, 7) is 12.9. The molecule has 0 aliphatic rings. The van der Waals surface area contributed by atoms with Gasteiger partial charge in [0.2, 0.25) is 0 Å². The molecule has 0 saturated heterocycles. The molecular formula is C17H28N2O2. The van der Waals surface area contributed by atoms with Crippen LogP contribution in [0.4, 0.5) is 10.5 Å². The molecule has 0 fully saturated rings. The van der Waals surface area contributed by atoms with Gasteiger partial charge < -0.3 is 15.4 Å². The Labute approximate surface area is 128 Å². The van der Waals surface area contributed by atoms with Crippen molar-refractivity contribution in [2.45, 2.75) is 53.5 Å². The average Bonchev–Trinajstić information content (AvgIpc) is 2.35. The van der Waals surface area contributed by atoms with E-state index in [4.69, 9.17) is 4.74 Å². The normalized spacial score (nSPS) is 11.9. The second kappa shape index (κ2) is 6.83. The number of para-hydroxylation sites is 2. The molecule has 0 aliphatic heterocycles. The van der Waals surface area contributed by atoms with E-state index in [0.29, 0.717) is 18.0 Å². The minimum absolute atomic E-state index is 0.112. The van der Waals surface area contributed by atoms with Gasteiger partial charge in [-0.15, -0.1) is 0 Å². The molecule has 0 unspecified atom stereocenters. The van der Waals surface area contributed by atoms with Crippen LogP contribution in [0.3, 0.4) is 0 Å². The van der Waals surface area contributed by atoms with Crippen molar-refractivity contribution in [3.8, 4) is 5.75 Å². The van der Waals surface area contributed by atoms with Gasteiger partial charge in [0.05, 0.1) is 12.3 Å². The van der Waals surface area contributed by atoms with Gasteiger partial charge in [0.1, 0.15) is 5.75 Å². The van der Waals surface area contributed by atoms with E-state index in [0.717, 1.165) is 6.42 Å². The number of carbonyl (C=O) groups is 1. The quantitative estimate of drug-likeness (QED) is 0.844. The van der Waals surface area contributed by atoms with Gasteiger partial charge in [-0.25, -0.2) is 4.79 Å². The summed E-state index contributed by atoms with van der Waals surface area (Å²) in [4.78, 5) is 12.0. The maximum absolute atomic E-state index is 12.0. The molecule has 0 heterocycles. The van der Waals surface area contributed by atoms with Crippen LogP contribution in [0.15, 0.2) is 24.3 Å². The van der Waals surface area contributed by atoms with Crippen molar-refractivity contribution in [3.63, 3.8) is 0 Å². The van der Waals surface area contributed by atoms with Crippen LogP contribution in [0, 0.1) is 5.41 Å². The van der Waals surface area contributed by atoms with E-state index in [9.17, 15) is 4.79 Å². The van der Waals surface area contributed by atoms with Gasteiger partial charge in [-0.1, -0.05) is 32.9 Å². The summed E-state index contributed by atoms with van der Waals surface area (Å²) in [6.07, 6.45) is 1.03. The highest BCUT2D eigenvalue weighted by Crippen LogP contribution is 2.27. The lowest BCUT2D eigenvalue weighted by molar-refractivity contribution is 0.176. The first-order chi connectivity index (χ1) is 9.63. The van der Waals surface area contributed by atoms with Crippen molar-refractivity contribution in [1.29, 1.82) is 0 Å². The number of anilines is 1. The SMILES string of the molecule is CCC(C)(C)COc1ccccc1NC(=O)NC(C)(C)C. The van der Waals surface area contributed by atoms with Crippen LogP contribution in [0.5, 0.6) is 5.75 Å². The van der Waals surface area contributed by atoms with E-state index in [1.807, 2.05) is 45.0 Å². The first-order valence-corrected chi connectivity index (χ1v) is 7.44. The van der Waals surface area contributed by atoms with Crippen molar-refractivity contribution in [3.05, 3.63) is 24.3 Å². The van der Waals surface area contributed by atoms with E-state index in [1.165, 1.54) is 0 Å². The summed E-state index contributed by atoms with van der Waals surface area (Å²) < 4.78 is 5.88. The van der Waals surface area contributed by atoms with E-state index in [-0.39, 0.29) is 17.0 Å². The Balaban J connectivity index is 2.73. The average molecular weight is 292 g/mol. The molecule has 1 rings (SSSR count). The topological polar surface area (TPSA) is 50.4 Å². The molecule has 2 N–H and O–H groups in total. The monoisotopic (exact) mass is 292 g/mol. The third-order valence-electron chi connectivity index (χ3n) is 3.20. The van der Waals surface area contributed by atoms with Crippen LogP contribution in [-0.4, -0.2) is 18.2 Å². The summed E-state index contributed by atoms with van der Waals surface area (Å²) in [6, 6.07) is 7.27.